The average Bonchev–Trinajstić information content (AvgIpc) is 2.53. The molecule has 0 unspecified atom stereocenters. The minimum absolute atomic E-state index is 0.167. The Morgan fingerprint density at radius 3 is 2.62 bits per heavy atom. The molecule has 1 aliphatic rings. The van der Waals surface area contributed by atoms with Crippen molar-refractivity contribution < 1.29 is 4.74 Å². The second-order valence-electron chi connectivity index (χ2n) is 5.50. The molecule has 0 radical (unpaired) electrons. The summed E-state index contributed by atoms with van der Waals surface area (Å²) in [4.78, 5) is 8.85. The maximum absolute atomic E-state index is 6.14. The molecule has 4 heteroatoms. The van der Waals surface area contributed by atoms with Gasteiger partial charge < -0.3 is 4.74 Å². The van der Waals surface area contributed by atoms with E-state index >= 15 is 0 Å². The summed E-state index contributed by atoms with van der Waals surface area (Å²) >= 11 is 6.14. The van der Waals surface area contributed by atoms with Crippen LogP contribution >= 0.6 is 11.6 Å². The van der Waals surface area contributed by atoms with Crippen molar-refractivity contribution in [2.45, 2.75) is 38.7 Å². The van der Waals surface area contributed by atoms with Crippen molar-refractivity contribution >= 4 is 11.6 Å². The van der Waals surface area contributed by atoms with E-state index in [0.717, 1.165) is 17.7 Å². The Bertz CT molecular complexity index is 657. The molecular weight excluding hydrogens is 284 g/mol. The Kier molecular flexibility index (Phi) is 4.22. The van der Waals surface area contributed by atoms with E-state index in [2.05, 4.69) is 28.2 Å². The van der Waals surface area contributed by atoms with Crippen LogP contribution in [0.25, 0.3) is 11.3 Å². The summed E-state index contributed by atoms with van der Waals surface area (Å²) in [6.07, 6.45) is 4.74. The van der Waals surface area contributed by atoms with Gasteiger partial charge in [0.15, 0.2) is 5.82 Å². The Balaban J connectivity index is 2.01. The van der Waals surface area contributed by atoms with E-state index in [1.165, 1.54) is 30.4 Å². The van der Waals surface area contributed by atoms with Crippen molar-refractivity contribution in [2.75, 3.05) is 7.11 Å². The molecule has 1 aromatic carbocycles. The van der Waals surface area contributed by atoms with Crippen LogP contribution in [-0.2, 0) is 17.6 Å². The highest BCUT2D eigenvalue weighted by Gasteiger charge is 2.14. The van der Waals surface area contributed by atoms with E-state index in [-0.39, 0.29) is 6.10 Å². The van der Waals surface area contributed by atoms with Crippen molar-refractivity contribution in [3.05, 3.63) is 46.4 Å². The summed E-state index contributed by atoms with van der Waals surface area (Å²) in [5.41, 5.74) is 4.87. The van der Waals surface area contributed by atoms with E-state index in [4.69, 9.17) is 16.3 Å². The van der Waals surface area contributed by atoms with Crippen LogP contribution < -0.4 is 0 Å². The summed E-state index contributed by atoms with van der Waals surface area (Å²) in [7, 11) is 1.65. The molecule has 1 atom stereocenters. The van der Waals surface area contributed by atoms with Gasteiger partial charge in [-0.1, -0.05) is 23.7 Å². The Morgan fingerprint density at radius 1 is 1.10 bits per heavy atom. The first-order valence-electron chi connectivity index (χ1n) is 7.37. The van der Waals surface area contributed by atoms with Crippen LogP contribution in [0, 0.1) is 0 Å². The first-order chi connectivity index (χ1) is 10.2. The van der Waals surface area contributed by atoms with Crippen LogP contribution in [0.1, 0.15) is 42.8 Å². The maximum atomic E-state index is 6.14. The van der Waals surface area contributed by atoms with Crippen molar-refractivity contribution in [3.63, 3.8) is 0 Å². The molecule has 0 aliphatic heterocycles. The van der Waals surface area contributed by atoms with Crippen molar-refractivity contribution in [1.29, 1.82) is 0 Å². The quantitative estimate of drug-likeness (QED) is 0.789. The highest BCUT2D eigenvalue weighted by Crippen LogP contribution is 2.28. The molecule has 3 rings (SSSR count). The van der Waals surface area contributed by atoms with Crippen LogP contribution in [0.5, 0.6) is 0 Å². The van der Waals surface area contributed by atoms with E-state index in [9.17, 15) is 0 Å². The molecule has 0 spiro atoms. The Hall–Kier alpha value is -1.45. The predicted molar refractivity (Wildman–Crippen MR) is 84.5 cm³/mol. The third-order valence-electron chi connectivity index (χ3n) is 4.07. The minimum Gasteiger partial charge on any atom is -0.374 e. The predicted octanol–water partition coefficient (Wildman–Crippen LogP) is 4.38. The van der Waals surface area contributed by atoms with Gasteiger partial charge >= 0.3 is 0 Å². The summed E-state index contributed by atoms with van der Waals surface area (Å²) in [6, 6.07) is 8.41. The number of nitrogens with zero attached hydrogens (tertiary/aromatic N) is 2. The molecule has 1 heterocycles. The number of rotatable bonds is 3. The van der Waals surface area contributed by atoms with Gasteiger partial charge in [-0.2, -0.15) is 0 Å². The first-order valence-corrected chi connectivity index (χ1v) is 7.74. The van der Waals surface area contributed by atoms with Gasteiger partial charge in [0.2, 0.25) is 0 Å². The van der Waals surface area contributed by atoms with Gasteiger partial charge in [0, 0.05) is 18.7 Å². The smallest absolute Gasteiger partial charge is 0.159 e. The highest BCUT2D eigenvalue weighted by molar-refractivity contribution is 6.29. The molecule has 0 fully saturated rings. The van der Waals surface area contributed by atoms with Crippen LogP contribution in [0.15, 0.2) is 24.3 Å². The topological polar surface area (TPSA) is 35.0 Å². The lowest BCUT2D eigenvalue weighted by molar-refractivity contribution is 0.112. The maximum Gasteiger partial charge on any atom is 0.159 e. The van der Waals surface area contributed by atoms with Crippen molar-refractivity contribution in [3.8, 4) is 11.3 Å². The highest BCUT2D eigenvalue weighted by atomic mass is 35.5. The van der Waals surface area contributed by atoms with E-state index in [0.29, 0.717) is 11.0 Å². The second kappa shape index (κ2) is 6.12. The molecule has 2 aromatic rings. The molecule has 110 valence electrons. The zero-order valence-corrected chi connectivity index (χ0v) is 13.2. The normalized spacial score (nSPS) is 15.6. The number of fused-ring (bicyclic) bond motifs is 1. The average molecular weight is 303 g/mol. The summed E-state index contributed by atoms with van der Waals surface area (Å²) in [6.45, 7) is 1.92. The van der Waals surface area contributed by atoms with Gasteiger partial charge in [-0.3, -0.25) is 0 Å². The minimum atomic E-state index is -0.167. The molecule has 0 saturated carbocycles. The van der Waals surface area contributed by atoms with E-state index in [1.807, 2.05) is 13.0 Å². The molecule has 0 bridgehead atoms. The van der Waals surface area contributed by atoms with Crippen LogP contribution in [0.2, 0.25) is 5.15 Å². The molecule has 0 saturated heterocycles. The van der Waals surface area contributed by atoms with Crippen molar-refractivity contribution in [1.82, 2.24) is 9.97 Å². The van der Waals surface area contributed by atoms with Crippen LogP contribution in [0.3, 0.4) is 0 Å². The fourth-order valence-corrected chi connectivity index (χ4v) is 2.95. The van der Waals surface area contributed by atoms with Crippen molar-refractivity contribution in [2.24, 2.45) is 0 Å². The number of methoxy groups -OCH3 is 1. The summed E-state index contributed by atoms with van der Waals surface area (Å²) in [5.74, 6) is 0.623. The first kappa shape index (κ1) is 14.5. The third kappa shape index (κ3) is 3.09. The SMILES string of the molecule is CO[C@H](C)c1nc(Cl)cc(-c2ccc3c(c2)CCCC3)n1. The van der Waals surface area contributed by atoms with E-state index in [1.54, 1.807) is 7.11 Å². The van der Waals surface area contributed by atoms with Gasteiger partial charge in [0.05, 0.1) is 5.69 Å². The number of hydrogen-bond donors (Lipinski definition) is 0. The standard InChI is InChI=1S/C17H19ClN2O/c1-11(21-2)17-19-15(10-16(18)20-17)14-8-7-12-5-3-4-6-13(12)9-14/h7-11H,3-6H2,1-2H3/t11-/m1/s1. The van der Waals surface area contributed by atoms with Gasteiger partial charge in [0.25, 0.3) is 0 Å². The fraction of sp³-hybridized carbons (Fsp3) is 0.412. The second-order valence-corrected chi connectivity index (χ2v) is 5.89. The number of aromatic nitrogens is 2. The lowest BCUT2D eigenvalue weighted by Gasteiger charge is -2.17. The zero-order valence-electron chi connectivity index (χ0n) is 12.4. The van der Waals surface area contributed by atoms with Gasteiger partial charge in [-0.05, 0) is 49.8 Å². The monoisotopic (exact) mass is 302 g/mol. The van der Waals surface area contributed by atoms with Gasteiger partial charge in [-0.25, -0.2) is 9.97 Å². The number of benzene rings is 1. The molecule has 0 amide bonds. The van der Waals surface area contributed by atoms with E-state index < -0.39 is 0 Å². The lowest BCUT2D eigenvalue weighted by atomic mass is 9.90. The lowest BCUT2D eigenvalue weighted by Crippen LogP contribution is -2.05. The number of halogens is 1. The largest absolute Gasteiger partial charge is 0.374 e. The summed E-state index contributed by atoms with van der Waals surface area (Å²) < 4.78 is 5.29. The Morgan fingerprint density at radius 2 is 1.86 bits per heavy atom. The van der Waals surface area contributed by atoms with Crippen LogP contribution in [0.4, 0.5) is 0 Å². The molecule has 0 N–H and O–H groups in total. The number of aryl methyl sites for hydroxylation is 2. The third-order valence-corrected chi connectivity index (χ3v) is 4.27. The molecular formula is C17H19ClN2O. The molecule has 1 aliphatic carbocycles. The molecule has 21 heavy (non-hydrogen) atoms. The molecule has 1 aromatic heterocycles. The summed E-state index contributed by atoms with van der Waals surface area (Å²) in [5, 5.41) is 0.455. The zero-order chi connectivity index (χ0) is 14.8. The fourth-order valence-electron chi connectivity index (χ4n) is 2.76. The molecule has 3 nitrogen and oxygen atoms in total. The number of ether oxygens (including phenoxy) is 1. The number of hydrogen-bond acceptors (Lipinski definition) is 3. The van der Waals surface area contributed by atoms with Gasteiger partial charge in [0.1, 0.15) is 11.3 Å². The van der Waals surface area contributed by atoms with Gasteiger partial charge in [-0.15, -0.1) is 0 Å². The van der Waals surface area contributed by atoms with Crippen LogP contribution in [-0.4, -0.2) is 17.1 Å². The Labute approximate surface area is 130 Å².